The van der Waals surface area contributed by atoms with Crippen LogP contribution in [0.25, 0.3) is 0 Å². The lowest BCUT2D eigenvalue weighted by Crippen LogP contribution is -2.57. The van der Waals surface area contributed by atoms with Gasteiger partial charge in [0.2, 0.25) is 23.6 Å². The second-order valence-corrected chi connectivity index (χ2v) is 6.73. The highest BCUT2D eigenvalue weighted by molar-refractivity contribution is 5.96. The molecule has 0 saturated carbocycles. The molecule has 0 spiro atoms. The maximum atomic E-state index is 12.3. The van der Waals surface area contributed by atoms with Crippen molar-refractivity contribution in [3.63, 3.8) is 0 Å². The number of hydrogen-bond acceptors (Lipinski definition) is 7. The number of primary amides is 1. The number of carbonyl (C=O) groups excluding carboxylic acids is 4. The van der Waals surface area contributed by atoms with E-state index in [0.29, 0.717) is 0 Å². The number of nitrogens with one attached hydrogen (secondary N) is 3. The van der Waals surface area contributed by atoms with Gasteiger partial charge in [0, 0.05) is 0 Å². The molecule has 0 aliphatic rings. The van der Waals surface area contributed by atoms with Crippen LogP contribution in [0.2, 0.25) is 0 Å². The molecule has 4 amide bonds. The normalized spacial score (nSPS) is 14.8. The van der Waals surface area contributed by atoms with Gasteiger partial charge < -0.3 is 37.6 Å². The van der Waals surface area contributed by atoms with Crippen LogP contribution in [0.5, 0.6) is 0 Å². The number of hydrogen-bond donors (Lipinski definition) is 7. The van der Waals surface area contributed by atoms with Crippen molar-refractivity contribution in [1.29, 1.82) is 0 Å². The quantitative estimate of drug-likeness (QED) is 0.170. The standard InChI is InChI=1S/C16H27N5O8/c1-6(2)12(18)15(27)20-8(5-11(23)24)14(26)19-7(3)13(25)21-9(16(28)29)4-10(17)22/h6-9,12H,4-5,18H2,1-3H3,(H2,17,22)(H,19,26)(H,20,27)(H,21,25)(H,23,24)(H,28,29). The zero-order valence-electron chi connectivity index (χ0n) is 16.3. The Bertz CT molecular complexity index is 666. The fraction of sp³-hybridized carbons (Fsp3) is 0.625. The van der Waals surface area contributed by atoms with Crippen LogP contribution < -0.4 is 27.4 Å². The van der Waals surface area contributed by atoms with Crippen molar-refractivity contribution in [1.82, 2.24) is 16.0 Å². The van der Waals surface area contributed by atoms with Gasteiger partial charge in [0.1, 0.15) is 18.1 Å². The first-order valence-corrected chi connectivity index (χ1v) is 8.65. The first-order chi connectivity index (χ1) is 13.3. The Morgan fingerprint density at radius 1 is 0.793 bits per heavy atom. The lowest BCUT2D eigenvalue weighted by atomic mass is 10.0. The van der Waals surface area contributed by atoms with Crippen LogP contribution in [0.15, 0.2) is 0 Å². The van der Waals surface area contributed by atoms with E-state index in [-0.39, 0.29) is 5.92 Å². The average Bonchev–Trinajstić information content (AvgIpc) is 2.58. The second kappa shape index (κ2) is 11.6. The summed E-state index contributed by atoms with van der Waals surface area (Å²) in [5, 5.41) is 24.4. The first kappa shape index (κ1) is 25.8. The van der Waals surface area contributed by atoms with E-state index in [2.05, 4.69) is 10.6 Å². The van der Waals surface area contributed by atoms with E-state index in [1.54, 1.807) is 13.8 Å². The third-order valence-electron chi connectivity index (χ3n) is 3.80. The zero-order valence-corrected chi connectivity index (χ0v) is 16.3. The minimum atomic E-state index is -1.60. The SMILES string of the molecule is CC(NC(=O)C(CC(=O)O)NC(=O)C(N)C(C)C)C(=O)NC(CC(N)=O)C(=O)O. The summed E-state index contributed by atoms with van der Waals surface area (Å²) in [4.78, 5) is 69.3. The highest BCUT2D eigenvalue weighted by Gasteiger charge is 2.30. The van der Waals surface area contributed by atoms with Crippen molar-refractivity contribution >= 4 is 35.6 Å². The molecule has 13 heteroatoms. The van der Waals surface area contributed by atoms with Crippen molar-refractivity contribution in [2.24, 2.45) is 17.4 Å². The second-order valence-electron chi connectivity index (χ2n) is 6.73. The number of carboxylic acid groups (broad SMARTS) is 2. The van der Waals surface area contributed by atoms with E-state index < -0.39 is 72.6 Å². The molecule has 0 bridgehead atoms. The molecule has 9 N–H and O–H groups in total. The van der Waals surface area contributed by atoms with E-state index >= 15 is 0 Å². The highest BCUT2D eigenvalue weighted by atomic mass is 16.4. The third kappa shape index (κ3) is 9.51. The van der Waals surface area contributed by atoms with Crippen molar-refractivity contribution in [3.05, 3.63) is 0 Å². The molecule has 0 aromatic heterocycles. The van der Waals surface area contributed by atoms with Gasteiger partial charge in [-0.1, -0.05) is 13.8 Å². The molecular weight excluding hydrogens is 390 g/mol. The Morgan fingerprint density at radius 2 is 1.31 bits per heavy atom. The molecule has 0 aromatic carbocycles. The first-order valence-electron chi connectivity index (χ1n) is 8.65. The van der Waals surface area contributed by atoms with Crippen molar-refractivity contribution in [2.75, 3.05) is 0 Å². The molecule has 164 valence electrons. The van der Waals surface area contributed by atoms with E-state index in [1.807, 2.05) is 5.32 Å². The largest absolute Gasteiger partial charge is 0.481 e. The summed E-state index contributed by atoms with van der Waals surface area (Å²) in [7, 11) is 0. The minimum absolute atomic E-state index is 0.272. The minimum Gasteiger partial charge on any atom is -0.481 e. The van der Waals surface area contributed by atoms with Crippen molar-refractivity contribution in [3.8, 4) is 0 Å². The van der Waals surface area contributed by atoms with Crippen LogP contribution in [0.4, 0.5) is 0 Å². The van der Waals surface area contributed by atoms with E-state index in [9.17, 15) is 28.8 Å². The van der Waals surface area contributed by atoms with Gasteiger partial charge in [-0.2, -0.15) is 0 Å². The average molecular weight is 417 g/mol. The van der Waals surface area contributed by atoms with Crippen LogP contribution in [0.3, 0.4) is 0 Å². The van der Waals surface area contributed by atoms with E-state index in [0.717, 1.165) is 0 Å². The zero-order chi connectivity index (χ0) is 22.9. The van der Waals surface area contributed by atoms with E-state index in [1.165, 1.54) is 6.92 Å². The number of rotatable bonds is 12. The Labute approximate surface area is 166 Å². The van der Waals surface area contributed by atoms with Crippen molar-refractivity contribution < 1.29 is 39.0 Å². The smallest absolute Gasteiger partial charge is 0.326 e. The predicted octanol–water partition coefficient (Wildman–Crippen LogP) is -3.12. The molecule has 0 rings (SSSR count). The van der Waals surface area contributed by atoms with Crippen LogP contribution in [0.1, 0.15) is 33.6 Å². The van der Waals surface area contributed by atoms with E-state index in [4.69, 9.17) is 21.7 Å². The fourth-order valence-electron chi connectivity index (χ4n) is 2.03. The van der Waals surface area contributed by atoms with Crippen LogP contribution in [-0.2, 0) is 28.8 Å². The lowest BCUT2D eigenvalue weighted by molar-refractivity contribution is -0.144. The van der Waals surface area contributed by atoms with Crippen LogP contribution in [-0.4, -0.2) is 69.9 Å². The number of carbonyl (C=O) groups is 6. The van der Waals surface area contributed by atoms with Gasteiger partial charge in [-0.15, -0.1) is 0 Å². The topological polar surface area (TPSA) is 231 Å². The summed E-state index contributed by atoms with van der Waals surface area (Å²) in [5.74, 6) is -6.80. The van der Waals surface area contributed by atoms with Crippen molar-refractivity contribution in [2.45, 2.75) is 57.8 Å². The molecule has 0 saturated heterocycles. The molecule has 0 aromatic rings. The molecule has 29 heavy (non-hydrogen) atoms. The van der Waals surface area contributed by atoms with Gasteiger partial charge in [-0.3, -0.25) is 24.0 Å². The number of carboxylic acids is 2. The van der Waals surface area contributed by atoms with Crippen LogP contribution in [0, 0.1) is 5.92 Å². The maximum absolute atomic E-state index is 12.3. The maximum Gasteiger partial charge on any atom is 0.326 e. The Balaban J connectivity index is 5.11. The molecule has 0 heterocycles. The van der Waals surface area contributed by atoms with Gasteiger partial charge >= 0.3 is 11.9 Å². The number of nitrogens with two attached hydrogens (primary N) is 2. The van der Waals surface area contributed by atoms with Gasteiger partial charge in [0.05, 0.1) is 18.9 Å². The molecule has 4 atom stereocenters. The molecule has 0 aliphatic carbocycles. The summed E-state index contributed by atoms with van der Waals surface area (Å²) in [6, 6.07) is -5.40. The summed E-state index contributed by atoms with van der Waals surface area (Å²) in [6.45, 7) is 4.53. The summed E-state index contributed by atoms with van der Waals surface area (Å²) < 4.78 is 0. The molecular formula is C16H27N5O8. The monoisotopic (exact) mass is 417 g/mol. The molecule has 4 unspecified atom stereocenters. The summed E-state index contributed by atoms with van der Waals surface area (Å²) in [5.41, 5.74) is 10.6. The van der Waals surface area contributed by atoms with Gasteiger partial charge in [-0.05, 0) is 12.8 Å². The number of amides is 4. The summed E-state index contributed by atoms with van der Waals surface area (Å²) in [6.07, 6.45) is -1.43. The fourth-order valence-corrected chi connectivity index (χ4v) is 2.03. The van der Waals surface area contributed by atoms with Gasteiger partial charge in [-0.25, -0.2) is 4.79 Å². The third-order valence-corrected chi connectivity index (χ3v) is 3.80. The highest BCUT2D eigenvalue weighted by Crippen LogP contribution is 2.02. The Morgan fingerprint density at radius 3 is 1.72 bits per heavy atom. The van der Waals surface area contributed by atoms with Gasteiger partial charge in [0.25, 0.3) is 0 Å². The molecule has 13 nitrogen and oxygen atoms in total. The summed E-state index contributed by atoms with van der Waals surface area (Å²) >= 11 is 0. The Kier molecular flexibility index (Phi) is 10.3. The van der Waals surface area contributed by atoms with Crippen LogP contribution >= 0.6 is 0 Å². The Hall–Kier alpha value is -3.22. The molecule has 0 fully saturated rings. The van der Waals surface area contributed by atoms with Gasteiger partial charge in [0.15, 0.2) is 0 Å². The number of aliphatic carboxylic acids is 2. The lowest BCUT2D eigenvalue weighted by Gasteiger charge is -2.23. The molecule has 0 radical (unpaired) electrons. The molecule has 0 aliphatic heterocycles. The predicted molar refractivity (Wildman–Crippen MR) is 98.0 cm³/mol.